The third-order valence-corrected chi connectivity index (χ3v) is 3.09. The predicted molar refractivity (Wildman–Crippen MR) is 61.8 cm³/mol. The fourth-order valence-corrected chi connectivity index (χ4v) is 2.32. The van der Waals surface area contributed by atoms with Gasteiger partial charge in [0.05, 0.1) is 10.5 Å². The van der Waals surface area contributed by atoms with Crippen LogP contribution in [0.4, 0.5) is 0 Å². The van der Waals surface area contributed by atoms with Gasteiger partial charge in [-0.3, -0.25) is 0 Å². The summed E-state index contributed by atoms with van der Waals surface area (Å²) in [6.45, 7) is 0. The van der Waals surface area contributed by atoms with Gasteiger partial charge in [0, 0.05) is 5.39 Å². The van der Waals surface area contributed by atoms with E-state index in [1.54, 1.807) is 18.2 Å². The molecule has 0 radical (unpaired) electrons. The Kier molecular flexibility index (Phi) is 2.92. The highest BCUT2D eigenvalue weighted by atomic mass is 32.2. The SMILES string of the molecule is [N-]=[N+]=Cc1ccc2ccccc2c1S(=O)O. The molecule has 1 atom stereocenters. The molecule has 0 amide bonds. The van der Waals surface area contributed by atoms with Crippen LogP contribution in [0.25, 0.3) is 16.3 Å². The molecule has 1 unspecified atom stereocenters. The van der Waals surface area contributed by atoms with Crippen LogP contribution in [0.5, 0.6) is 0 Å². The number of benzene rings is 2. The number of nitrogens with zero attached hydrogens (tertiary/aromatic N) is 2. The van der Waals surface area contributed by atoms with Crippen molar-refractivity contribution in [1.82, 2.24) is 0 Å². The lowest BCUT2D eigenvalue weighted by Gasteiger charge is -2.03. The molecule has 0 aromatic heterocycles. The highest BCUT2D eigenvalue weighted by Gasteiger charge is 2.13. The Morgan fingerprint density at radius 2 is 2.00 bits per heavy atom. The van der Waals surface area contributed by atoms with Gasteiger partial charge in [0.25, 0.3) is 6.21 Å². The molecule has 0 spiro atoms. The lowest BCUT2D eigenvalue weighted by Crippen LogP contribution is -1.97. The molecule has 16 heavy (non-hydrogen) atoms. The molecular formula is C11H8N2O2S. The lowest BCUT2D eigenvalue weighted by molar-refractivity contribution is 0.00438. The molecular weight excluding hydrogens is 224 g/mol. The summed E-state index contributed by atoms with van der Waals surface area (Å²) in [6, 6.07) is 10.7. The first kappa shape index (κ1) is 10.7. The van der Waals surface area contributed by atoms with Gasteiger partial charge in [-0.05, 0) is 11.5 Å². The number of hydrogen-bond donors (Lipinski definition) is 1. The fourth-order valence-electron chi connectivity index (χ4n) is 1.62. The van der Waals surface area contributed by atoms with Gasteiger partial charge in [-0.1, -0.05) is 30.3 Å². The van der Waals surface area contributed by atoms with Crippen molar-refractivity contribution in [3.05, 3.63) is 47.5 Å². The molecule has 5 heteroatoms. The molecule has 2 aromatic carbocycles. The van der Waals surface area contributed by atoms with Crippen LogP contribution in [0.15, 0.2) is 41.3 Å². The van der Waals surface area contributed by atoms with Crippen LogP contribution >= 0.6 is 0 Å². The maximum absolute atomic E-state index is 11.3. The second kappa shape index (κ2) is 4.37. The van der Waals surface area contributed by atoms with Gasteiger partial charge < -0.3 is 10.1 Å². The van der Waals surface area contributed by atoms with Crippen LogP contribution in [-0.4, -0.2) is 19.8 Å². The van der Waals surface area contributed by atoms with E-state index in [0.29, 0.717) is 10.9 Å². The molecule has 0 aliphatic carbocycles. The average Bonchev–Trinajstić information content (AvgIpc) is 2.28. The zero-order valence-electron chi connectivity index (χ0n) is 8.20. The molecule has 2 aromatic rings. The zero-order valence-corrected chi connectivity index (χ0v) is 9.02. The second-order valence-corrected chi connectivity index (χ2v) is 4.11. The van der Waals surface area contributed by atoms with Crippen LogP contribution in [-0.2, 0) is 11.1 Å². The van der Waals surface area contributed by atoms with Gasteiger partial charge in [0.1, 0.15) is 0 Å². The number of rotatable bonds is 2. The van der Waals surface area contributed by atoms with Crippen molar-refractivity contribution in [1.29, 1.82) is 0 Å². The first-order chi connectivity index (χ1) is 7.74. The smallest absolute Gasteiger partial charge is 0.289 e. The van der Waals surface area contributed by atoms with Crippen molar-refractivity contribution >= 4 is 28.1 Å². The average molecular weight is 232 g/mol. The standard InChI is InChI=1S/C11H8N2O2S/c12-13-7-9-6-5-8-3-1-2-4-10(8)11(9)16(14)15/h1-7H,(H,14,15). The van der Waals surface area contributed by atoms with Crippen molar-refractivity contribution < 1.29 is 13.6 Å². The topological polar surface area (TPSA) is 73.7 Å². The zero-order chi connectivity index (χ0) is 11.5. The van der Waals surface area contributed by atoms with E-state index in [-0.39, 0.29) is 4.90 Å². The minimum absolute atomic E-state index is 0.260. The third kappa shape index (κ3) is 1.79. The van der Waals surface area contributed by atoms with Crippen molar-refractivity contribution in [3.63, 3.8) is 0 Å². The van der Waals surface area contributed by atoms with Crippen LogP contribution < -0.4 is 0 Å². The minimum atomic E-state index is -2.12. The Labute approximate surface area is 94.4 Å². The summed E-state index contributed by atoms with van der Waals surface area (Å²) in [5.74, 6) is 0. The Bertz CT molecular complexity index is 618. The predicted octanol–water partition coefficient (Wildman–Crippen LogP) is 2.07. The van der Waals surface area contributed by atoms with Crippen molar-refractivity contribution in [3.8, 4) is 0 Å². The quantitative estimate of drug-likeness (QED) is 0.372. The highest BCUT2D eigenvalue weighted by molar-refractivity contribution is 7.79. The van der Waals surface area contributed by atoms with Gasteiger partial charge >= 0.3 is 0 Å². The molecule has 0 aliphatic heterocycles. The highest BCUT2D eigenvalue weighted by Crippen LogP contribution is 2.23. The van der Waals surface area contributed by atoms with Crippen LogP contribution in [0.1, 0.15) is 5.56 Å². The van der Waals surface area contributed by atoms with Crippen LogP contribution in [0.3, 0.4) is 0 Å². The fraction of sp³-hybridized carbons (Fsp3) is 0. The number of hydrogen-bond acceptors (Lipinski definition) is 1. The summed E-state index contributed by atoms with van der Waals surface area (Å²) in [5.41, 5.74) is 8.92. The maximum Gasteiger partial charge on any atom is 0.289 e. The van der Waals surface area contributed by atoms with E-state index in [1.165, 1.54) is 0 Å². The Morgan fingerprint density at radius 1 is 1.25 bits per heavy atom. The summed E-state index contributed by atoms with van der Waals surface area (Å²) >= 11 is -2.12. The molecule has 2 rings (SSSR count). The first-order valence-corrected chi connectivity index (χ1v) is 5.65. The molecule has 1 N–H and O–H groups in total. The molecule has 0 bridgehead atoms. The largest absolute Gasteiger partial charge is 0.361 e. The van der Waals surface area contributed by atoms with Crippen molar-refractivity contribution in [2.24, 2.45) is 0 Å². The van der Waals surface area contributed by atoms with E-state index in [1.807, 2.05) is 18.2 Å². The summed E-state index contributed by atoms with van der Waals surface area (Å²) in [4.78, 5) is 3.15. The van der Waals surface area contributed by atoms with E-state index in [9.17, 15) is 8.76 Å². The van der Waals surface area contributed by atoms with Gasteiger partial charge in [-0.25, -0.2) is 4.21 Å². The monoisotopic (exact) mass is 232 g/mol. The van der Waals surface area contributed by atoms with Crippen LogP contribution in [0, 0.1) is 0 Å². The molecule has 4 nitrogen and oxygen atoms in total. The van der Waals surface area contributed by atoms with Crippen molar-refractivity contribution in [2.45, 2.75) is 4.90 Å². The molecule has 0 fully saturated rings. The Hall–Kier alpha value is -1.81. The summed E-state index contributed by atoms with van der Waals surface area (Å²) in [6.07, 6.45) is 1.15. The van der Waals surface area contributed by atoms with E-state index in [2.05, 4.69) is 4.79 Å². The summed E-state index contributed by atoms with van der Waals surface area (Å²) < 4.78 is 20.5. The molecule has 0 saturated heterocycles. The van der Waals surface area contributed by atoms with E-state index in [0.717, 1.165) is 11.6 Å². The third-order valence-electron chi connectivity index (χ3n) is 2.28. The molecule has 80 valence electrons. The minimum Gasteiger partial charge on any atom is -0.361 e. The van der Waals surface area contributed by atoms with E-state index >= 15 is 0 Å². The summed E-state index contributed by atoms with van der Waals surface area (Å²) in [7, 11) is 0. The molecule has 0 saturated carbocycles. The van der Waals surface area contributed by atoms with Gasteiger partial charge in [0.2, 0.25) is 0 Å². The van der Waals surface area contributed by atoms with Gasteiger partial charge in [-0.15, -0.1) is 0 Å². The van der Waals surface area contributed by atoms with E-state index in [4.69, 9.17) is 5.53 Å². The van der Waals surface area contributed by atoms with Crippen LogP contribution in [0.2, 0.25) is 0 Å². The maximum atomic E-state index is 11.3. The number of fused-ring (bicyclic) bond motifs is 1. The molecule has 0 aliphatic rings. The van der Waals surface area contributed by atoms with Crippen molar-refractivity contribution in [2.75, 3.05) is 0 Å². The first-order valence-electron chi connectivity index (χ1n) is 4.54. The lowest BCUT2D eigenvalue weighted by atomic mass is 10.1. The molecule has 0 heterocycles. The second-order valence-electron chi connectivity index (χ2n) is 3.20. The van der Waals surface area contributed by atoms with Gasteiger partial charge in [-0.2, -0.15) is 4.79 Å². The van der Waals surface area contributed by atoms with E-state index < -0.39 is 11.1 Å². The Balaban J connectivity index is 2.89. The normalized spacial score (nSPS) is 12.1. The summed E-state index contributed by atoms with van der Waals surface area (Å²) in [5, 5.41) is 1.55. The van der Waals surface area contributed by atoms with Gasteiger partial charge in [0.15, 0.2) is 11.1 Å². The Morgan fingerprint density at radius 3 is 2.69 bits per heavy atom.